The van der Waals surface area contributed by atoms with E-state index < -0.39 is 0 Å². The largest absolute Gasteiger partial charge is 0.490 e. The van der Waals surface area contributed by atoms with Crippen LogP contribution in [0.5, 0.6) is 5.75 Å². The molecule has 0 unspecified atom stereocenters. The second-order valence-electron chi connectivity index (χ2n) is 7.04. The van der Waals surface area contributed by atoms with Crippen LogP contribution >= 0.6 is 0 Å². The van der Waals surface area contributed by atoms with Crippen LogP contribution in [0.3, 0.4) is 0 Å². The van der Waals surface area contributed by atoms with Gasteiger partial charge in [0.25, 0.3) is 0 Å². The number of hydrogen-bond donors (Lipinski definition) is 0. The van der Waals surface area contributed by atoms with Gasteiger partial charge in [-0.2, -0.15) is 0 Å². The predicted molar refractivity (Wildman–Crippen MR) is 91.0 cm³/mol. The van der Waals surface area contributed by atoms with E-state index in [9.17, 15) is 0 Å². The fraction of sp³-hybridized carbons (Fsp3) is 0.579. The van der Waals surface area contributed by atoms with Gasteiger partial charge in [0.15, 0.2) is 0 Å². The SMILES string of the molecule is Cc1nnc([C@H]2CCCN(Cc3ccccc3OC3CC3)[C@H]2C)o1. The fourth-order valence-corrected chi connectivity index (χ4v) is 3.56. The Kier molecular flexibility index (Phi) is 4.27. The molecule has 0 radical (unpaired) electrons. The number of piperidine rings is 1. The average molecular weight is 327 g/mol. The molecule has 1 aromatic heterocycles. The van der Waals surface area contributed by atoms with Crippen LogP contribution in [0.4, 0.5) is 0 Å². The van der Waals surface area contributed by atoms with Gasteiger partial charge in [0.1, 0.15) is 5.75 Å². The molecule has 1 aliphatic heterocycles. The van der Waals surface area contributed by atoms with Gasteiger partial charge < -0.3 is 9.15 Å². The van der Waals surface area contributed by atoms with Crippen LogP contribution in [-0.4, -0.2) is 33.8 Å². The van der Waals surface area contributed by atoms with Crippen LogP contribution in [-0.2, 0) is 6.54 Å². The maximum absolute atomic E-state index is 6.08. The van der Waals surface area contributed by atoms with Crippen molar-refractivity contribution in [2.24, 2.45) is 0 Å². The number of hydrogen-bond acceptors (Lipinski definition) is 5. The van der Waals surface area contributed by atoms with Crippen molar-refractivity contribution in [3.63, 3.8) is 0 Å². The molecule has 2 atom stereocenters. The lowest BCUT2D eigenvalue weighted by molar-refractivity contribution is 0.117. The van der Waals surface area contributed by atoms with E-state index in [0.717, 1.165) is 37.6 Å². The van der Waals surface area contributed by atoms with E-state index in [1.165, 1.54) is 18.4 Å². The minimum absolute atomic E-state index is 0.316. The molecule has 128 valence electrons. The fourth-order valence-electron chi connectivity index (χ4n) is 3.56. The molecule has 2 heterocycles. The molecule has 4 rings (SSSR count). The third-order valence-corrected chi connectivity index (χ3v) is 5.14. The molecule has 2 aliphatic rings. The Hall–Kier alpha value is -1.88. The molecular weight excluding hydrogens is 302 g/mol. The number of benzene rings is 1. The van der Waals surface area contributed by atoms with Crippen LogP contribution in [0.2, 0.25) is 0 Å². The smallest absolute Gasteiger partial charge is 0.221 e. The first-order chi connectivity index (χ1) is 11.7. The average Bonchev–Trinajstić information content (AvgIpc) is 3.30. The van der Waals surface area contributed by atoms with Crippen molar-refractivity contribution in [2.45, 2.75) is 64.1 Å². The van der Waals surface area contributed by atoms with Crippen molar-refractivity contribution in [2.75, 3.05) is 6.54 Å². The Morgan fingerprint density at radius 3 is 2.79 bits per heavy atom. The molecule has 5 nitrogen and oxygen atoms in total. The van der Waals surface area contributed by atoms with Gasteiger partial charge in [-0.05, 0) is 45.2 Å². The van der Waals surface area contributed by atoms with Crippen molar-refractivity contribution in [1.29, 1.82) is 0 Å². The molecule has 0 N–H and O–H groups in total. The summed E-state index contributed by atoms with van der Waals surface area (Å²) in [6, 6.07) is 8.83. The third kappa shape index (κ3) is 3.31. The summed E-state index contributed by atoms with van der Waals surface area (Å²) in [5.41, 5.74) is 1.28. The van der Waals surface area contributed by atoms with E-state index in [1.807, 2.05) is 6.92 Å². The molecule has 2 aromatic rings. The lowest BCUT2D eigenvalue weighted by Gasteiger charge is -2.38. The second kappa shape index (κ2) is 6.55. The molecule has 1 saturated heterocycles. The van der Waals surface area contributed by atoms with Crippen LogP contribution < -0.4 is 4.74 Å². The molecular formula is C19H25N3O2. The Morgan fingerprint density at radius 1 is 1.21 bits per heavy atom. The van der Waals surface area contributed by atoms with Gasteiger partial charge in [0.05, 0.1) is 12.0 Å². The van der Waals surface area contributed by atoms with E-state index in [4.69, 9.17) is 9.15 Å². The van der Waals surface area contributed by atoms with Crippen LogP contribution in [0.1, 0.15) is 55.9 Å². The summed E-state index contributed by atoms with van der Waals surface area (Å²) in [6.07, 6.45) is 5.07. The predicted octanol–water partition coefficient (Wildman–Crippen LogP) is 3.69. The molecule has 24 heavy (non-hydrogen) atoms. The third-order valence-electron chi connectivity index (χ3n) is 5.14. The number of rotatable bonds is 5. The van der Waals surface area contributed by atoms with Crippen molar-refractivity contribution < 1.29 is 9.15 Å². The number of likely N-dealkylation sites (tertiary alicyclic amines) is 1. The maximum Gasteiger partial charge on any atom is 0.221 e. The van der Waals surface area contributed by atoms with Crippen molar-refractivity contribution >= 4 is 0 Å². The van der Waals surface area contributed by atoms with E-state index in [-0.39, 0.29) is 0 Å². The molecule has 2 fully saturated rings. The normalized spacial score (nSPS) is 24.9. The molecule has 5 heteroatoms. The van der Waals surface area contributed by atoms with Crippen LogP contribution in [0.15, 0.2) is 28.7 Å². The van der Waals surface area contributed by atoms with Gasteiger partial charge in [-0.25, -0.2) is 0 Å². The summed E-state index contributed by atoms with van der Waals surface area (Å²) >= 11 is 0. The minimum atomic E-state index is 0.316. The minimum Gasteiger partial charge on any atom is -0.490 e. The topological polar surface area (TPSA) is 51.4 Å². The van der Waals surface area contributed by atoms with Gasteiger partial charge in [0.2, 0.25) is 11.8 Å². The molecule has 1 saturated carbocycles. The standard InChI is InChI=1S/C19H25N3O2/c1-13-17(19-21-20-14(2)23-19)7-5-11-22(13)12-15-6-3-4-8-18(15)24-16-9-10-16/h3-4,6,8,13,16-17H,5,7,9-12H2,1-2H3/t13-,17-/m0/s1. The van der Waals surface area contributed by atoms with Crippen LogP contribution in [0.25, 0.3) is 0 Å². The molecule has 0 spiro atoms. The van der Waals surface area contributed by atoms with Crippen LogP contribution in [0, 0.1) is 6.92 Å². The maximum atomic E-state index is 6.08. The van der Waals surface area contributed by atoms with E-state index in [2.05, 4.69) is 46.3 Å². The summed E-state index contributed by atoms with van der Waals surface area (Å²) in [7, 11) is 0. The first kappa shape index (κ1) is 15.6. The van der Waals surface area contributed by atoms with E-state index >= 15 is 0 Å². The molecule has 1 aliphatic carbocycles. The molecule has 0 amide bonds. The Bertz CT molecular complexity index is 695. The van der Waals surface area contributed by atoms with Gasteiger partial charge in [-0.1, -0.05) is 18.2 Å². The first-order valence-electron chi connectivity index (χ1n) is 8.99. The van der Waals surface area contributed by atoms with Gasteiger partial charge >= 0.3 is 0 Å². The second-order valence-corrected chi connectivity index (χ2v) is 7.04. The number of aromatic nitrogens is 2. The van der Waals surface area contributed by atoms with Gasteiger partial charge in [0, 0.05) is 25.1 Å². The van der Waals surface area contributed by atoms with Crippen molar-refractivity contribution in [1.82, 2.24) is 15.1 Å². The number of para-hydroxylation sites is 1. The monoisotopic (exact) mass is 327 g/mol. The highest BCUT2D eigenvalue weighted by atomic mass is 16.5. The van der Waals surface area contributed by atoms with Gasteiger partial charge in [-0.3, -0.25) is 4.90 Å². The highest BCUT2D eigenvalue weighted by Gasteiger charge is 2.33. The highest BCUT2D eigenvalue weighted by molar-refractivity contribution is 5.34. The Balaban J connectivity index is 1.49. The quantitative estimate of drug-likeness (QED) is 0.838. The van der Waals surface area contributed by atoms with Crippen molar-refractivity contribution in [3.05, 3.63) is 41.6 Å². The highest BCUT2D eigenvalue weighted by Crippen LogP contribution is 2.35. The van der Waals surface area contributed by atoms with Gasteiger partial charge in [-0.15, -0.1) is 10.2 Å². The lowest BCUT2D eigenvalue weighted by Crippen LogP contribution is -2.41. The zero-order chi connectivity index (χ0) is 16.5. The lowest BCUT2D eigenvalue weighted by atomic mass is 9.89. The zero-order valence-electron chi connectivity index (χ0n) is 14.4. The first-order valence-corrected chi connectivity index (χ1v) is 8.99. The van der Waals surface area contributed by atoms with E-state index in [0.29, 0.717) is 24.0 Å². The Labute approximate surface area is 143 Å². The number of aryl methyl sites for hydroxylation is 1. The summed E-state index contributed by atoms with van der Waals surface area (Å²) < 4.78 is 11.8. The summed E-state index contributed by atoms with van der Waals surface area (Å²) in [5, 5.41) is 8.26. The summed E-state index contributed by atoms with van der Waals surface area (Å²) in [5.74, 6) is 2.80. The summed E-state index contributed by atoms with van der Waals surface area (Å²) in [6.45, 7) is 6.14. The number of nitrogens with zero attached hydrogens (tertiary/aromatic N) is 3. The summed E-state index contributed by atoms with van der Waals surface area (Å²) in [4.78, 5) is 2.52. The molecule has 0 bridgehead atoms. The zero-order valence-corrected chi connectivity index (χ0v) is 14.4. The molecule has 1 aromatic carbocycles. The Morgan fingerprint density at radius 2 is 2.04 bits per heavy atom. The van der Waals surface area contributed by atoms with E-state index in [1.54, 1.807) is 0 Å². The number of ether oxygens (including phenoxy) is 1. The van der Waals surface area contributed by atoms with Crippen molar-refractivity contribution in [3.8, 4) is 5.75 Å².